The van der Waals surface area contributed by atoms with E-state index in [0.29, 0.717) is 24.1 Å². The van der Waals surface area contributed by atoms with Gasteiger partial charge >= 0.3 is 0 Å². The van der Waals surface area contributed by atoms with Crippen LogP contribution in [-0.2, 0) is 4.79 Å². The van der Waals surface area contributed by atoms with Crippen molar-refractivity contribution in [1.82, 2.24) is 20.2 Å². The molecule has 2 aromatic carbocycles. The molecule has 3 rings (SSSR count). The molecule has 3 aromatic rings. The Morgan fingerprint density at radius 1 is 1.15 bits per heavy atom. The number of hydrogen-bond acceptors (Lipinski definition) is 6. The van der Waals surface area contributed by atoms with E-state index in [-0.39, 0.29) is 11.7 Å². The number of ether oxygens (including phenoxy) is 1. The number of carbonyl (C=O) groups excluding carboxylic acids is 1. The second-order valence-corrected chi connectivity index (χ2v) is 6.78. The molecule has 8 heteroatoms. The lowest BCUT2D eigenvalue weighted by molar-refractivity contribution is -0.118. The zero-order chi connectivity index (χ0) is 19.1. The first-order valence-corrected chi connectivity index (χ1v) is 9.47. The van der Waals surface area contributed by atoms with Crippen molar-refractivity contribution in [2.75, 3.05) is 24.7 Å². The maximum Gasteiger partial charge on any atom is 0.230 e. The fourth-order valence-corrected chi connectivity index (χ4v) is 3.02. The number of thioether (sulfide) groups is 1. The molecule has 0 radical (unpaired) electrons. The van der Waals surface area contributed by atoms with E-state index in [0.717, 1.165) is 16.9 Å². The summed E-state index contributed by atoms with van der Waals surface area (Å²) in [6.45, 7) is 2.85. The van der Waals surface area contributed by atoms with Gasteiger partial charge in [-0.2, -0.15) is 0 Å². The van der Waals surface area contributed by atoms with Gasteiger partial charge in [0.1, 0.15) is 12.4 Å². The first-order chi connectivity index (χ1) is 13.1. The Morgan fingerprint density at radius 2 is 1.89 bits per heavy atom. The van der Waals surface area contributed by atoms with E-state index in [1.54, 1.807) is 0 Å². The fraction of sp³-hybridized carbons (Fsp3) is 0.211. The molecule has 0 saturated carbocycles. The predicted molar refractivity (Wildman–Crippen MR) is 106 cm³/mol. The minimum Gasteiger partial charge on any atom is -0.492 e. The van der Waals surface area contributed by atoms with E-state index in [4.69, 9.17) is 10.6 Å². The Hall–Kier alpha value is -3.00. The Balaban J connectivity index is 1.44. The van der Waals surface area contributed by atoms with Crippen LogP contribution in [0.25, 0.3) is 11.4 Å². The maximum atomic E-state index is 12.0. The van der Waals surface area contributed by atoms with Gasteiger partial charge in [-0.25, -0.2) is 4.68 Å². The van der Waals surface area contributed by atoms with Crippen molar-refractivity contribution < 1.29 is 9.53 Å². The fourth-order valence-electron chi connectivity index (χ4n) is 2.33. The maximum absolute atomic E-state index is 12.0. The summed E-state index contributed by atoms with van der Waals surface area (Å²) in [5, 5.41) is 11.5. The van der Waals surface area contributed by atoms with Crippen molar-refractivity contribution in [2.45, 2.75) is 12.1 Å². The summed E-state index contributed by atoms with van der Waals surface area (Å²) in [6.07, 6.45) is 0. The third-order valence-electron chi connectivity index (χ3n) is 3.74. The van der Waals surface area contributed by atoms with Gasteiger partial charge in [-0.3, -0.25) is 4.79 Å². The number of carbonyl (C=O) groups is 1. The normalized spacial score (nSPS) is 10.6. The van der Waals surface area contributed by atoms with E-state index < -0.39 is 0 Å². The van der Waals surface area contributed by atoms with Crippen LogP contribution in [0.1, 0.15) is 5.56 Å². The van der Waals surface area contributed by atoms with Crippen molar-refractivity contribution in [3.05, 3.63) is 60.2 Å². The highest BCUT2D eigenvalue weighted by Crippen LogP contribution is 2.21. The second-order valence-electron chi connectivity index (χ2n) is 5.84. The zero-order valence-corrected chi connectivity index (χ0v) is 15.8. The Labute approximate surface area is 161 Å². The molecule has 1 amide bonds. The van der Waals surface area contributed by atoms with Gasteiger partial charge in [0.15, 0.2) is 5.82 Å². The van der Waals surface area contributed by atoms with Crippen LogP contribution in [0.5, 0.6) is 5.75 Å². The molecule has 0 aliphatic rings. The number of aromatic nitrogens is 3. The summed E-state index contributed by atoms with van der Waals surface area (Å²) in [4.78, 5) is 12.0. The van der Waals surface area contributed by atoms with E-state index in [1.165, 1.54) is 16.4 Å². The van der Waals surface area contributed by atoms with E-state index in [9.17, 15) is 4.79 Å². The van der Waals surface area contributed by atoms with Crippen molar-refractivity contribution in [3.8, 4) is 17.1 Å². The lowest BCUT2D eigenvalue weighted by atomic mass is 10.1. The van der Waals surface area contributed by atoms with Crippen molar-refractivity contribution >= 4 is 17.7 Å². The molecule has 0 unspecified atom stereocenters. The number of nitrogens with zero attached hydrogens (tertiary/aromatic N) is 3. The van der Waals surface area contributed by atoms with Gasteiger partial charge in [-0.1, -0.05) is 59.8 Å². The summed E-state index contributed by atoms with van der Waals surface area (Å²) in [7, 11) is 0. The third kappa shape index (κ3) is 5.24. The van der Waals surface area contributed by atoms with Gasteiger partial charge in [-0.05, 0) is 19.1 Å². The van der Waals surface area contributed by atoms with Crippen molar-refractivity contribution in [3.63, 3.8) is 0 Å². The topological polar surface area (TPSA) is 95.1 Å². The van der Waals surface area contributed by atoms with Crippen molar-refractivity contribution in [1.29, 1.82) is 0 Å². The molecular formula is C19H21N5O2S. The molecule has 7 nitrogen and oxygen atoms in total. The van der Waals surface area contributed by atoms with Crippen LogP contribution in [0.4, 0.5) is 0 Å². The van der Waals surface area contributed by atoms with E-state index in [1.807, 2.05) is 61.5 Å². The number of nitrogens with one attached hydrogen (secondary N) is 1. The largest absolute Gasteiger partial charge is 0.492 e. The van der Waals surface area contributed by atoms with E-state index >= 15 is 0 Å². The highest BCUT2D eigenvalue weighted by molar-refractivity contribution is 7.99. The lowest BCUT2D eigenvalue weighted by Crippen LogP contribution is -2.29. The molecule has 140 valence electrons. The summed E-state index contributed by atoms with van der Waals surface area (Å²) in [5.74, 6) is 7.50. The highest BCUT2D eigenvalue weighted by atomic mass is 32.2. The molecule has 0 fully saturated rings. The monoisotopic (exact) mass is 383 g/mol. The smallest absolute Gasteiger partial charge is 0.230 e. The Bertz CT molecular complexity index is 881. The summed E-state index contributed by atoms with van der Waals surface area (Å²) in [5.41, 5.74) is 2.04. The molecule has 27 heavy (non-hydrogen) atoms. The van der Waals surface area contributed by atoms with Crippen LogP contribution in [0.15, 0.2) is 59.8 Å². The zero-order valence-electron chi connectivity index (χ0n) is 15.0. The summed E-state index contributed by atoms with van der Waals surface area (Å²) < 4.78 is 6.93. The Kier molecular flexibility index (Phi) is 6.32. The molecular weight excluding hydrogens is 362 g/mol. The molecule has 0 spiro atoms. The number of rotatable bonds is 8. The standard InChI is InChI=1S/C19H21N5O2S/c1-14-7-9-15(10-8-14)18-22-23-19(24(18)20)27-13-17(25)21-11-12-26-16-5-3-2-4-6-16/h2-10H,11-13,20H2,1H3,(H,21,25). The lowest BCUT2D eigenvalue weighted by Gasteiger charge is -2.07. The molecule has 0 atom stereocenters. The minimum atomic E-state index is -0.114. The first-order valence-electron chi connectivity index (χ1n) is 8.48. The molecule has 0 saturated heterocycles. The van der Waals surface area contributed by atoms with Gasteiger partial charge < -0.3 is 15.9 Å². The molecule has 1 heterocycles. The van der Waals surface area contributed by atoms with Gasteiger partial charge in [0.05, 0.1) is 12.3 Å². The van der Waals surface area contributed by atoms with Gasteiger partial charge in [0, 0.05) is 5.56 Å². The van der Waals surface area contributed by atoms with E-state index in [2.05, 4.69) is 15.5 Å². The second kappa shape index (κ2) is 9.09. The predicted octanol–water partition coefficient (Wildman–Crippen LogP) is 2.25. The number of benzene rings is 2. The number of nitrogens with two attached hydrogens (primary N) is 1. The van der Waals surface area contributed by atoms with Crippen LogP contribution >= 0.6 is 11.8 Å². The number of hydrogen-bond donors (Lipinski definition) is 2. The number of aryl methyl sites for hydroxylation is 1. The number of amides is 1. The summed E-state index contributed by atoms with van der Waals surface area (Å²) in [6, 6.07) is 17.3. The van der Waals surface area contributed by atoms with Crippen LogP contribution in [0, 0.1) is 6.92 Å². The van der Waals surface area contributed by atoms with Crippen LogP contribution < -0.4 is 15.9 Å². The minimum absolute atomic E-state index is 0.114. The molecule has 1 aromatic heterocycles. The average Bonchev–Trinajstić information content (AvgIpc) is 3.05. The molecule has 3 N–H and O–H groups in total. The highest BCUT2D eigenvalue weighted by Gasteiger charge is 2.13. The first kappa shape index (κ1) is 18.8. The number of nitrogen functional groups attached to an aromatic ring is 1. The molecule has 0 aliphatic heterocycles. The summed E-state index contributed by atoms with van der Waals surface area (Å²) >= 11 is 1.24. The molecule has 0 bridgehead atoms. The van der Waals surface area contributed by atoms with Gasteiger partial charge in [0.25, 0.3) is 0 Å². The van der Waals surface area contributed by atoms with Crippen molar-refractivity contribution in [2.24, 2.45) is 0 Å². The number of para-hydroxylation sites is 1. The SMILES string of the molecule is Cc1ccc(-c2nnc(SCC(=O)NCCOc3ccccc3)n2N)cc1. The third-order valence-corrected chi connectivity index (χ3v) is 4.69. The van der Waals surface area contributed by atoms with Gasteiger partial charge in [0.2, 0.25) is 11.1 Å². The van der Waals surface area contributed by atoms with Crippen LogP contribution in [-0.4, -0.2) is 39.7 Å². The van der Waals surface area contributed by atoms with Gasteiger partial charge in [-0.15, -0.1) is 10.2 Å². The molecule has 0 aliphatic carbocycles. The van der Waals surface area contributed by atoms with Crippen LogP contribution in [0.2, 0.25) is 0 Å². The van der Waals surface area contributed by atoms with Crippen LogP contribution in [0.3, 0.4) is 0 Å². The average molecular weight is 383 g/mol. The Morgan fingerprint density at radius 3 is 2.63 bits per heavy atom. The quantitative estimate of drug-likeness (QED) is 0.352.